The number of benzene rings is 1. The van der Waals surface area contributed by atoms with Crippen molar-refractivity contribution in [1.29, 1.82) is 0 Å². The van der Waals surface area contributed by atoms with Gasteiger partial charge >= 0.3 is 0 Å². The van der Waals surface area contributed by atoms with Gasteiger partial charge in [-0.1, -0.05) is 18.2 Å². The van der Waals surface area contributed by atoms with Crippen molar-refractivity contribution in [2.45, 2.75) is 19.4 Å². The fourth-order valence-electron chi connectivity index (χ4n) is 1.30. The first-order valence-corrected chi connectivity index (χ1v) is 4.42. The zero-order valence-electron chi connectivity index (χ0n) is 8.57. The van der Waals surface area contributed by atoms with E-state index in [1.165, 1.54) is 6.07 Å². The first-order chi connectivity index (χ1) is 6.49. The lowest BCUT2D eigenvalue weighted by atomic mass is 9.93. The zero-order valence-corrected chi connectivity index (χ0v) is 8.57. The molecule has 0 aliphatic heterocycles. The molecule has 0 unspecified atom stereocenters. The smallest absolute Gasteiger partial charge is 0.274 e. The largest absolute Gasteiger partial charge is 0.311 e. The summed E-state index contributed by atoms with van der Waals surface area (Å²) >= 11 is 0. The monoisotopic (exact) mass is 194 g/mol. The van der Waals surface area contributed by atoms with Crippen LogP contribution in [0.25, 0.3) is 0 Å². The molecule has 0 atom stereocenters. The Hall–Kier alpha value is -1.42. The van der Waals surface area contributed by atoms with E-state index in [1.54, 1.807) is 25.2 Å². The third-order valence-electron chi connectivity index (χ3n) is 2.40. The van der Waals surface area contributed by atoms with Crippen LogP contribution in [0.1, 0.15) is 19.4 Å². The highest BCUT2D eigenvalue weighted by Gasteiger charge is 2.26. The Bertz CT molecular complexity index is 348. The van der Waals surface area contributed by atoms with E-state index in [0.29, 0.717) is 5.56 Å². The standard InChI is InChI=1S/C10H14N2O2/c1-10(2,11-3)8-6-4-5-7-9(8)12(13)14/h4-7,11H,1-3H3. The number of rotatable bonds is 3. The number of nitro benzene ring substituents is 1. The van der Waals surface area contributed by atoms with Crippen LogP contribution in [0.15, 0.2) is 24.3 Å². The van der Waals surface area contributed by atoms with E-state index in [4.69, 9.17) is 0 Å². The Morgan fingerprint density at radius 2 is 1.93 bits per heavy atom. The predicted molar refractivity (Wildman–Crippen MR) is 55.2 cm³/mol. The van der Waals surface area contributed by atoms with Crippen molar-refractivity contribution in [3.8, 4) is 0 Å². The zero-order chi connectivity index (χ0) is 10.8. The number of hydrogen-bond acceptors (Lipinski definition) is 3. The van der Waals surface area contributed by atoms with Crippen LogP contribution in [0.2, 0.25) is 0 Å². The summed E-state index contributed by atoms with van der Waals surface area (Å²) < 4.78 is 0. The molecule has 0 saturated heterocycles. The Morgan fingerprint density at radius 1 is 1.36 bits per heavy atom. The van der Waals surface area contributed by atoms with E-state index < -0.39 is 0 Å². The average Bonchev–Trinajstić information content (AvgIpc) is 2.18. The summed E-state index contributed by atoms with van der Waals surface area (Å²) in [5.41, 5.74) is 0.475. The van der Waals surface area contributed by atoms with Gasteiger partial charge in [0.25, 0.3) is 5.69 Å². The van der Waals surface area contributed by atoms with Crippen LogP contribution in [0.5, 0.6) is 0 Å². The summed E-state index contributed by atoms with van der Waals surface area (Å²) in [6.45, 7) is 3.82. The van der Waals surface area contributed by atoms with Gasteiger partial charge in [0.15, 0.2) is 0 Å². The van der Waals surface area contributed by atoms with Crippen LogP contribution >= 0.6 is 0 Å². The molecule has 0 amide bonds. The Morgan fingerprint density at radius 3 is 2.43 bits per heavy atom. The molecule has 0 radical (unpaired) electrons. The summed E-state index contributed by atoms with van der Waals surface area (Å²) in [5, 5.41) is 13.8. The van der Waals surface area contributed by atoms with Crippen LogP contribution < -0.4 is 5.32 Å². The molecule has 0 bridgehead atoms. The minimum atomic E-state index is -0.385. The van der Waals surface area contributed by atoms with Crippen molar-refractivity contribution >= 4 is 5.69 Å². The molecule has 76 valence electrons. The summed E-state index contributed by atoms with van der Waals surface area (Å²) in [6, 6.07) is 6.78. The first-order valence-electron chi connectivity index (χ1n) is 4.42. The Labute approximate surface area is 83.1 Å². The molecule has 1 aromatic carbocycles. The summed E-state index contributed by atoms with van der Waals surface area (Å²) in [5.74, 6) is 0. The van der Waals surface area contributed by atoms with Gasteiger partial charge in [-0.2, -0.15) is 0 Å². The molecule has 0 saturated carbocycles. The van der Waals surface area contributed by atoms with Crippen molar-refractivity contribution in [2.75, 3.05) is 7.05 Å². The third-order valence-corrected chi connectivity index (χ3v) is 2.40. The van der Waals surface area contributed by atoms with Crippen molar-refractivity contribution in [3.63, 3.8) is 0 Å². The molecule has 0 aliphatic carbocycles. The van der Waals surface area contributed by atoms with Crippen molar-refractivity contribution in [2.24, 2.45) is 0 Å². The molecular formula is C10H14N2O2. The second-order valence-corrected chi connectivity index (χ2v) is 3.65. The van der Waals surface area contributed by atoms with E-state index in [2.05, 4.69) is 5.32 Å². The van der Waals surface area contributed by atoms with Gasteiger partial charge in [0.1, 0.15) is 0 Å². The highest BCUT2D eigenvalue weighted by atomic mass is 16.6. The fraction of sp³-hybridized carbons (Fsp3) is 0.400. The van der Waals surface area contributed by atoms with Crippen LogP contribution in [0.4, 0.5) is 5.69 Å². The van der Waals surface area contributed by atoms with Crippen LogP contribution in [0.3, 0.4) is 0 Å². The highest BCUT2D eigenvalue weighted by Crippen LogP contribution is 2.28. The normalized spacial score (nSPS) is 11.4. The Balaban J connectivity index is 3.27. The molecule has 0 heterocycles. The number of nitro groups is 1. The topological polar surface area (TPSA) is 55.2 Å². The summed E-state index contributed by atoms with van der Waals surface area (Å²) in [4.78, 5) is 10.4. The molecule has 0 aliphatic rings. The first kappa shape index (κ1) is 10.7. The minimum absolute atomic E-state index is 0.159. The molecule has 0 fully saturated rings. The SMILES string of the molecule is CNC(C)(C)c1ccccc1[N+](=O)[O-]. The second-order valence-electron chi connectivity index (χ2n) is 3.65. The van der Waals surface area contributed by atoms with Gasteiger partial charge in [-0.15, -0.1) is 0 Å². The van der Waals surface area contributed by atoms with Crippen molar-refractivity contribution < 1.29 is 4.92 Å². The molecule has 1 aromatic rings. The molecule has 4 nitrogen and oxygen atoms in total. The molecule has 0 spiro atoms. The van der Waals surface area contributed by atoms with E-state index >= 15 is 0 Å². The lowest BCUT2D eigenvalue weighted by Crippen LogP contribution is -2.33. The Kier molecular flexibility index (Phi) is 2.86. The maximum atomic E-state index is 10.8. The van der Waals surface area contributed by atoms with E-state index in [-0.39, 0.29) is 16.1 Å². The molecule has 1 rings (SSSR count). The molecule has 14 heavy (non-hydrogen) atoms. The molecular weight excluding hydrogens is 180 g/mol. The average molecular weight is 194 g/mol. The third kappa shape index (κ3) is 1.90. The van der Waals surface area contributed by atoms with Crippen LogP contribution in [-0.4, -0.2) is 12.0 Å². The van der Waals surface area contributed by atoms with Gasteiger partial charge in [-0.05, 0) is 20.9 Å². The molecule has 0 aromatic heterocycles. The second kappa shape index (κ2) is 3.75. The number of para-hydroxylation sites is 1. The van der Waals surface area contributed by atoms with Gasteiger partial charge < -0.3 is 5.32 Å². The maximum Gasteiger partial charge on any atom is 0.274 e. The molecule has 1 N–H and O–H groups in total. The lowest BCUT2D eigenvalue weighted by molar-refractivity contribution is -0.386. The van der Waals surface area contributed by atoms with Crippen LogP contribution in [-0.2, 0) is 5.54 Å². The van der Waals surface area contributed by atoms with Gasteiger partial charge in [-0.3, -0.25) is 10.1 Å². The van der Waals surface area contributed by atoms with Crippen LogP contribution in [0, 0.1) is 10.1 Å². The van der Waals surface area contributed by atoms with E-state index in [9.17, 15) is 10.1 Å². The number of nitrogens with zero attached hydrogens (tertiary/aromatic N) is 1. The number of nitrogens with one attached hydrogen (secondary N) is 1. The van der Waals surface area contributed by atoms with Gasteiger partial charge in [0, 0.05) is 17.2 Å². The predicted octanol–water partition coefficient (Wildman–Crippen LogP) is 2.05. The summed E-state index contributed by atoms with van der Waals surface area (Å²) in [7, 11) is 1.79. The van der Waals surface area contributed by atoms with Gasteiger partial charge in [0.2, 0.25) is 0 Å². The van der Waals surface area contributed by atoms with Gasteiger partial charge in [-0.25, -0.2) is 0 Å². The highest BCUT2D eigenvalue weighted by molar-refractivity contribution is 5.43. The fourth-order valence-corrected chi connectivity index (χ4v) is 1.30. The van der Waals surface area contributed by atoms with Gasteiger partial charge in [0.05, 0.1) is 4.92 Å². The van der Waals surface area contributed by atoms with E-state index in [1.807, 2.05) is 13.8 Å². The molecule has 4 heteroatoms. The van der Waals surface area contributed by atoms with Crippen molar-refractivity contribution in [1.82, 2.24) is 5.32 Å². The maximum absolute atomic E-state index is 10.8. The van der Waals surface area contributed by atoms with Crippen molar-refractivity contribution in [3.05, 3.63) is 39.9 Å². The number of hydrogen-bond donors (Lipinski definition) is 1. The summed E-state index contributed by atoms with van der Waals surface area (Å²) in [6.07, 6.45) is 0. The minimum Gasteiger partial charge on any atom is -0.311 e. The quantitative estimate of drug-likeness (QED) is 0.591. The van der Waals surface area contributed by atoms with E-state index in [0.717, 1.165) is 0 Å². The lowest BCUT2D eigenvalue weighted by Gasteiger charge is -2.23.